The van der Waals surface area contributed by atoms with Crippen LogP contribution in [0.1, 0.15) is 0 Å². The van der Waals surface area contributed by atoms with Crippen molar-refractivity contribution in [1.82, 2.24) is 14.0 Å². The zero-order chi connectivity index (χ0) is 14.8. The van der Waals surface area contributed by atoms with Gasteiger partial charge in [0, 0.05) is 0 Å². The predicted octanol–water partition coefficient (Wildman–Crippen LogP) is 0.354. The number of hydrogen-bond acceptors (Lipinski definition) is 8. The van der Waals surface area contributed by atoms with Crippen LogP contribution >= 0.6 is 7.51 Å². The Balaban J connectivity index is 6.12. The summed E-state index contributed by atoms with van der Waals surface area (Å²) in [5, 5.41) is 0. The first-order valence-electron chi connectivity index (χ1n) is 5.13. The summed E-state index contributed by atoms with van der Waals surface area (Å²) >= 11 is 0. The van der Waals surface area contributed by atoms with Crippen LogP contribution in [0, 0.1) is 0 Å². The second-order valence-corrected chi connectivity index (χ2v) is 10.4. The summed E-state index contributed by atoms with van der Waals surface area (Å²) in [6, 6.07) is 0. The van der Waals surface area contributed by atoms with Gasteiger partial charge in [-0.25, -0.2) is 0 Å². The molecule has 0 aliphatic rings. The van der Waals surface area contributed by atoms with Crippen LogP contribution in [0.15, 0.2) is 0 Å². The fraction of sp³-hybridized carbons (Fsp3) is 1.00. The maximum absolute atomic E-state index is 11.7. The fourth-order valence-electron chi connectivity index (χ4n) is 1.98. The first-order chi connectivity index (χ1) is 7.99. The zero-order valence-electron chi connectivity index (χ0n) is 12.2. The molecule has 18 heavy (non-hydrogen) atoms. The van der Waals surface area contributed by atoms with Gasteiger partial charge in [-0.15, -0.1) is 0 Å². The average Bonchev–Trinajstić information content (AvgIpc) is 2.25. The van der Waals surface area contributed by atoms with Gasteiger partial charge in [0.15, 0.2) is 0 Å². The third-order valence-corrected chi connectivity index (χ3v) is 9.73. The monoisotopic (exact) mass is 305 g/mol. The molecule has 0 heterocycles. The van der Waals surface area contributed by atoms with E-state index in [0.717, 1.165) is 7.11 Å². The van der Waals surface area contributed by atoms with Crippen LogP contribution in [0.5, 0.6) is 0 Å². The van der Waals surface area contributed by atoms with Crippen LogP contribution in [0.2, 0.25) is 0 Å². The topological polar surface area (TPSA) is 71.5 Å². The van der Waals surface area contributed by atoms with E-state index in [2.05, 4.69) is 4.18 Å². The molecule has 0 amide bonds. The van der Waals surface area contributed by atoms with Crippen molar-refractivity contribution in [3.8, 4) is 0 Å². The van der Waals surface area contributed by atoms with Gasteiger partial charge in [-0.2, -0.15) is 0 Å². The summed E-state index contributed by atoms with van der Waals surface area (Å²) in [6.45, 7) is 0. The second kappa shape index (κ2) is 5.64. The molecule has 0 aliphatic carbocycles. The van der Waals surface area contributed by atoms with Crippen molar-refractivity contribution in [1.29, 1.82) is 0 Å². The average molecular weight is 305 g/mol. The van der Waals surface area contributed by atoms with Crippen molar-refractivity contribution >= 4 is 17.9 Å². The summed E-state index contributed by atoms with van der Waals surface area (Å²) in [6.07, 6.45) is 0. The third-order valence-electron chi connectivity index (χ3n) is 2.80. The normalized spacial score (nSPS) is 16.3. The van der Waals surface area contributed by atoms with E-state index in [1.807, 2.05) is 0 Å². The van der Waals surface area contributed by atoms with Crippen LogP contribution in [-0.2, 0) is 23.1 Å². The van der Waals surface area contributed by atoms with E-state index >= 15 is 0 Å². The molecule has 10 heteroatoms. The Labute approximate surface area is 110 Å². The van der Waals surface area contributed by atoms with E-state index in [0.29, 0.717) is 0 Å². The molecule has 0 aromatic rings. The van der Waals surface area contributed by atoms with Crippen molar-refractivity contribution < 1.29 is 21.1 Å². The molecule has 0 spiro atoms. The van der Waals surface area contributed by atoms with E-state index in [4.69, 9.17) is 8.49 Å². The molecule has 0 rings (SSSR count). The summed E-state index contributed by atoms with van der Waals surface area (Å²) in [5.41, 5.74) is 0. The molecule has 0 unspecified atom stereocenters. The Morgan fingerprint density at radius 3 is 1.33 bits per heavy atom. The van der Waals surface area contributed by atoms with Crippen LogP contribution in [0.4, 0.5) is 0 Å². The van der Waals surface area contributed by atoms with Crippen molar-refractivity contribution in [3.05, 3.63) is 0 Å². The molecule has 0 saturated carbocycles. The molecule has 0 saturated heterocycles. The second-order valence-electron chi connectivity index (χ2n) is 4.21. The summed E-state index contributed by atoms with van der Waals surface area (Å²) in [4.78, 5) is 0. The van der Waals surface area contributed by atoms with Crippen molar-refractivity contribution in [2.24, 2.45) is 0 Å². The van der Waals surface area contributed by atoms with Crippen LogP contribution < -0.4 is 0 Å². The fourth-order valence-corrected chi connectivity index (χ4v) is 8.48. The molecule has 112 valence electrons. The molecule has 0 aromatic carbocycles. The van der Waals surface area contributed by atoms with Gasteiger partial charge < -0.3 is 0 Å². The molecular weight excluding hydrogens is 281 g/mol. The minimum absolute atomic E-state index is 1.04. The summed E-state index contributed by atoms with van der Waals surface area (Å²) in [5.74, 6) is 0. The van der Waals surface area contributed by atoms with Gasteiger partial charge in [0.05, 0.1) is 0 Å². The van der Waals surface area contributed by atoms with E-state index in [9.17, 15) is 8.42 Å². The van der Waals surface area contributed by atoms with E-state index < -0.39 is 17.9 Å². The van der Waals surface area contributed by atoms with Gasteiger partial charge >= 0.3 is 110 Å². The number of rotatable bonds is 7. The summed E-state index contributed by atoms with van der Waals surface area (Å²) < 4.78 is 43.6. The van der Waals surface area contributed by atoms with Crippen molar-refractivity contribution in [2.45, 2.75) is 0 Å². The maximum atomic E-state index is 11.7. The predicted molar refractivity (Wildman–Crippen MR) is 72.0 cm³/mol. The molecule has 0 fully saturated rings. The first kappa shape index (κ1) is 18.1. The Bertz CT molecular complexity index is 360. The van der Waals surface area contributed by atoms with Crippen molar-refractivity contribution in [3.63, 3.8) is 0 Å². The Morgan fingerprint density at radius 2 is 1.17 bits per heavy atom. The molecule has 0 atom stereocenters. The molecular formula is C8H24N3O5PS. The van der Waals surface area contributed by atoms with Crippen molar-refractivity contribution in [2.75, 3.05) is 56.5 Å². The van der Waals surface area contributed by atoms with Gasteiger partial charge in [0.25, 0.3) is 0 Å². The molecule has 0 bridgehead atoms. The summed E-state index contributed by atoms with van der Waals surface area (Å²) in [7, 11) is 4.48. The molecule has 0 N–H and O–H groups in total. The molecule has 0 aliphatic heterocycles. The first-order valence-corrected chi connectivity index (χ1v) is 8.40. The number of nitrogens with zero attached hydrogens (tertiary/aromatic N) is 3. The van der Waals surface area contributed by atoms with Crippen LogP contribution in [0.25, 0.3) is 0 Å². The van der Waals surface area contributed by atoms with E-state index in [-0.39, 0.29) is 0 Å². The molecule has 8 nitrogen and oxygen atoms in total. The standard InChI is InChI=1S/C8H24N3O5PS/c1-9(2)17(14-7,10(3)4,11(5)6)16-18(12,13)15-8/h1-8H3. The SMILES string of the molecule is COS(=O)(=O)OP(OC)(N(C)C)(N(C)C)N(C)C. The van der Waals surface area contributed by atoms with E-state index in [1.54, 1.807) is 56.3 Å². The Hall–Kier alpha value is 0.140. The van der Waals surface area contributed by atoms with Crippen LogP contribution in [-0.4, -0.2) is 78.9 Å². The molecule has 0 aromatic heterocycles. The van der Waals surface area contributed by atoms with Gasteiger partial charge in [-0.1, -0.05) is 0 Å². The van der Waals surface area contributed by atoms with Gasteiger partial charge in [-0.05, 0) is 0 Å². The zero-order valence-corrected chi connectivity index (χ0v) is 13.9. The Kier molecular flexibility index (Phi) is 5.68. The van der Waals surface area contributed by atoms with Gasteiger partial charge in [0.2, 0.25) is 0 Å². The van der Waals surface area contributed by atoms with Gasteiger partial charge in [0.1, 0.15) is 0 Å². The quantitative estimate of drug-likeness (QED) is 0.624. The minimum atomic E-state index is -4.17. The molecule has 0 radical (unpaired) electrons. The van der Waals surface area contributed by atoms with E-state index in [1.165, 1.54) is 7.11 Å². The van der Waals surface area contributed by atoms with Gasteiger partial charge in [-0.3, -0.25) is 0 Å². The Morgan fingerprint density at radius 1 is 0.833 bits per heavy atom. The van der Waals surface area contributed by atoms with Crippen LogP contribution in [0.3, 0.4) is 0 Å². The number of hydrogen-bond donors (Lipinski definition) is 0. The third kappa shape index (κ3) is 2.54.